The van der Waals surface area contributed by atoms with E-state index in [0.29, 0.717) is 12.5 Å². The quantitative estimate of drug-likeness (QED) is 0.558. The summed E-state index contributed by atoms with van der Waals surface area (Å²) < 4.78 is 9.07. The first-order chi connectivity index (χ1) is 14.0. The highest BCUT2D eigenvalue weighted by molar-refractivity contribution is 6.00. The molecule has 3 heterocycles. The summed E-state index contributed by atoms with van der Waals surface area (Å²) in [6.07, 6.45) is 4.82. The van der Waals surface area contributed by atoms with Crippen molar-refractivity contribution in [2.75, 3.05) is 19.7 Å². The van der Waals surface area contributed by atoms with Crippen LogP contribution in [0.4, 0.5) is 0 Å². The van der Waals surface area contributed by atoms with Gasteiger partial charge in [-0.1, -0.05) is 6.07 Å². The number of imide groups is 1. The van der Waals surface area contributed by atoms with E-state index >= 15 is 0 Å². The molecule has 2 N–H and O–H groups in total. The summed E-state index contributed by atoms with van der Waals surface area (Å²) >= 11 is 0. The van der Waals surface area contributed by atoms with Crippen LogP contribution in [0.1, 0.15) is 43.7 Å². The van der Waals surface area contributed by atoms with Crippen molar-refractivity contribution >= 4 is 22.8 Å². The molecule has 0 saturated carbocycles. The summed E-state index contributed by atoms with van der Waals surface area (Å²) in [5, 5.41) is 5.68. The van der Waals surface area contributed by atoms with Gasteiger partial charge in [0.25, 0.3) is 0 Å². The minimum atomic E-state index is -0.651. The van der Waals surface area contributed by atoms with Crippen LogP contribution in [0.2, 0.25) is 0 Å². The number of piperidine rings is 2. The lowest BCUT2D eigenvalue weighted by Crippen LogP contribution is -2.44. The number of carbonyl (C=O) groups excluding carboxylic acids is 2. The number of carbonyl (C=O) groups is 2. The van der Waals surface area contributed by atoms with Gasteiger partial charge in [-0.2, -0.15) is 0 Å². The third kappa shape index (κ3) is 4.13. The molecule has 2 amide bonds. The molecule has 8 nitrogen and oxygen atoms in total. The van der Waals surface area contributed by atoms with E-state index in [9.17, 15) is 14.4 Å². The Bertz CT molecular complexity index is 971. The Morgan fingerprint density at radius 1 is 1.10 bits per heavy atom. The van der Waals surface area contributed by atoms with Crippen molar-refractivity contribution in [3.8, 4) is 0 Å². The molecular formula is C21H28N4O4. The van der Waals surface area contributed by atoms with Gasteiger partial charge in [0, 0.05) is 20.1 Å². The van der Waals surface area contributed by atoms with E-state index in [4.69, 9.17) is 4.74 Å². The molecule has 0 aliphatic carbocycles. The summed E-state index contributed by atoms with van der Waals surface area (Å²) in [5.41, 5.74) is 2.40. The van der Waals surface area contributed by atoms with Gasteiger partial charge in [0.2, 0.25) is 11.8 Å². The molecule has 2 saturated heterocycles. The standard InChI is InChI=1S/C21H28N4O4/c1-24-16-5-4-14(3-2-12-29-15-8-10-22-11-9-15)13-18(16)25(21(24)28)17-6-7-19(26)23-20(17)27/h4-5,13,15,17,22H,2-3,6-12H2,1H3,(H,23,26,27). The molecule has 1 unspecified atom stereocenters. The summed E-state index contributed by atoms with van der Waals surface area (Å²) in [7, 11) is 1.71. The highest BCUT2D eigenvalue weighted by Gasteiger charge is 2.31. The average Bonchev–Trinajstić information content (AvgIpc) is 2.96. The Morgan fingerprint density at radius 2 is 1.90 bits per heavy atom. The van der Waals surface area contributed by atoms with Crippen molar-refractivity contribution in [3.05, 3.63) is 34.2 Å². The topological polar surface area (TPSA) is 94.4 Å². The fourth-order valence-corrected chi connectivity index (χ4v) is 4.29. The minimum Gasteiger partial charge on any atom is -0.378 e. The second-order valence-corrected chi connectivity index (χ2v) is 7.93. The predicted octanol–water partition coefficient (Wildman–Crippen LogP) is 1.02. The molecule has 0 spiro atoms. The van der Waals surface area contributed by atoms with E-state index in [2.05, 4.69) is 10.6 Å². The Kier molecular flexibility index (Phi) is 5.82. The van der Waals surface area contributed by atoms with Crippen LogP contribution in [0.25, 0.3) is 11.0 Å². The predicted molar refractivity (Wildman–Crippen MR) is 109 cm³/mol. The van der Waals surface area contributed by atoms with Crippen LogP contribution >= 0.6 is 0 Å². The van der Waals surface area contributed by atoms with Crippen LogP contribution in [-0.4, -0.2) is 46.7 Å². The third-order valence-corrected chi connectivity index (χ3v) is 5.93. The van der Waals surface area contributed by atoms with E-state index in [1.807, 2.05) is 18.2 Å². The Labute approximate surface area is 169 Å². The van der Waals surface area contributed by atoms with Crippen LogP contribution in [-0.2, 0) is 27.8 Å². The maximum absolute atomic E-state index is 12.8. The van der Waals surface area contributed by atoms with E-state index in [0.717, 1.165) is 62.0 Å². The van der Waals surface area contributed by atoms with Crippen LogP contribution in [0.5, 0.6) is 0 Å². The molecular weight excluding hydrogens is 372 g/mol. The number of nitrogens with one attached hydrogen (secondary N) is 2. The normalized spacial score (nSPS) is 20.9. The van der Waals surface area contributed by atoms with Crippen molar-refractivity contribution in [1.82, 2.24) is 19.8 Å². The van der Waals surface area contributed by atoms with Crippen LogP contribution in [0, 0.1) is 0 Å². The number of aryl methyl sites for hydroxylation is 2. The molecule has 8 heteroatoms. The van der Waals surface area contributed by atoms with Crippen molar-refractivity contribution in [2.24, 2.45) is 7.05 Å². The lowest BCUT2D eigenvalue weighted by atomic mass is 10.0. The van der Waals surface area contributed by atoms with Crippen molar-refractivity contribution < 1.29 is 14.3 Å². The Morgan fingerprint density at radius 3 is 2.66 bits per heavy atom. The van der Waals surface area contributed by atoms with Gasteiger partial charge in [-0.05, 0) is 62.9 Å². The highest BCUT2D eigenvalue weighted by atomic mass is 16.5. The van der Waals surface area contributed by atoms with E-state index in [1.165, 1.54) is 4.57 Å². The largest absolute Gasteiger partial charge is 0.378 e. The number of aromatic nitrogens is 2. The first-order valence-electron chi connectivity index (χ1n) is 10.4. The summed E-state index contributed by atoms with van der Waals surface area (Å²) in [5.74, 6) is -0.689. The summed E-state index contributed by atoms with van der Waals surface area (Å²) in [6, 6.07) is 5.30. The Hall–Kier alpha value is -2.45. The molecule has 0 radical (unpaired) electrons. The number of nitrogens with zero attached hydrogens (tertiary/aromatic N) is 2. The van der Waals surface area contributed by atoms with Gasteiger partial charge in [0.1, 0.15) is 6.04 Å². The molecule has 2 fully saturated rings. The zero-order chi connectivity index (χ0) is 20.4. The van der Waals surface area contributed by atoms with E-state index in [1.54, 1.807) is 11.6 Å². The van der Waals surface area contributed by atoms with Gasteiger partial charge in [0.15, 0.2) is 0 Å². The van der Waals surface area contributed by atoms with Gasteiger partial charge in [0.05, 0.1) is 17.1 Å². The molecule has 1 aromatic carbocycles. The molecule has 4 rings (SSSR count). The lowest BCUT2D eigenvalue weighted by Gasteiger charge is -2.23. The summed E-state index contributed by atoms with van der Waals surface area (Å²) in [4.78, 5) is 36.6. The molecule has 29 heavy (non-hydrogen) atoms. The molecule has 2 aliphatic heterocycles. The molecule has 1 atom stereocenters. The molecule has 156 valence electrons. The fraction of sp³-hybridized carbons (Fsp3) is 0.571. The van der Waals surface area contributed by atoms with Crippen molar-refractivity contribution in [2.45, 2.75) is 50.7 Å². The molecule has 2 aliphatic rings. The number of rotatable bonds is 6. The average molecular weight is 400 g/mol. The monoisotopic (exact) mass is 400 g/mol. The number of imidazole rings is 1. The first kappa shape index (κ1) is 19.8. The zero-order valence-corrected chi connectivity index (χ0v) is 16.8. The minimum absolute atomic E-state index is 0.235. The second-order valence-electron chi connectivity index (χ2n) is 7.93. The smallest absolute Gasteiger partial charge is 0.329 e. The maximum atomic E-state index is 12.8. The number of benzene rings is 1. The van der Waals surface area contributed by atoms with Gasteiger partial charge in [-0.25, -0.2) is 4.79 Å². The molecule has 2 aromatic rings. The lowest BCUT2D eigenvalue weighted by molar-refractivity contribution is -0.135. The van der Waals surface area contributed by atoms with Crippen LogP contribution in [0.3, 0.4) is 0 Å². The van der Waals surface area contributed by atoms with Gasteiger partial charge >= 0.3 is 5.69 Å². The number of ether oxygens (including phenoxy) is 1. The number of amides is 2. The fourth-order valence-electron chi connectivity index (χ4n) is 4.29. The SMILES string of the molecule is Cn1c(=O)n(C2CCC(=O)NC2=O)c2cc(CCCOC3CCNCC3)ccc21. The number of hydrogen-bond donors (Lipinski definition) is 2. The van der Waals surface area contributed by atoms with Crippen molar-refractivity contribution in [1.29, 1.82) is 0 Å². The molecule has 0 bridgehead atoms. The van der Waals surface area contributed by atoms with E-state index in [-0.39, 0.29) is 18.0 Å². The third-order valence-electron chi connectivity index (χ3n) is 5.93. The van der Waals surface area contributed by atoms with Gasteiger partial charge < -0.3 is 10.1 Å². The van der Waals surface area contributed by atoms with Crippen LogP contribution < -0.4 is 16.3 Å². The van der Waals surface area contributed by atoms with E-state index < -0.39 is 11.9 Å². The number of fused-ring (bicyclic) bond motifs is 1. The highest BCUT2D eigenvalue weighted by Crippen LogP contribution is 2.24. The van der Waals surface area contributed by atoms with Crippen molar-refractivity contribution in [3.63, 3.8) is 0 Å². The first-order valence-corrected chi connectivity index (χ1v) is 10.4. The van der Waals surface area contributed by atoms with Gasteiger partial charge in [-0.3, -0.25) is 24.0 Å². The second kappa shape index (κ2) is 8.51. The number of hydrogen-bond acceptors (Lipinski definition) is 5. The zero-order valence-electron chi connectivity index (χ0n) is 16.8. The van der Waals surface area contributed by atoms with Gasteiger partial charge in [-0.15, -0.1) is 0 Å². The Balaban J connectivity index is 1.49. The van der Waals surface area contributed by atoms with Crippen LogP contribution in [0.15, 0.2) is 23.0 Å². The maximum Gasteiger partial charge on any atom is 0.329 e. The summed E-state index contributed by atoms with van der Waals surface area (Å²) in [6.45, 7) is 2.76. The molecule has 1 aromatic heterocycles.